The number of furan rings is 1. The molecule has 0 spiro atoms. The summed E-state index contributed by atoms with van der Waals surface area (Å²) >= 11 is 0. The van der Waals surface area contributed by atoms with Crippen molar-refractivity contribution < 1.29 is 27.2 Å². The number of oxazole rings is 1. The van der Waals surface area contributed by atoms with Crippen LogP contribution in [0.5, 0.6) is 5.75 Å². The molecule has 0 aliphatic carbocycles. The Morgan fingerprint density at radius 1 is 1.10 bits per heavy atom. The van der Waals surface area contributed by atoms with Crippen LogP contribution in [0.25, 0.3) is 0 Å². The fourth-order valence-electron chi connectivity index (χ4n) is 2.73. The van der Waals surface area contributed by atoms with E-state index in [0.717, 1.165) is 11.3 Å². The van der Waals surface area contributed by atoms with E-state index in [-0.39, 0.29) is 24.5 Å². The number of rotatable bonds is 11. The van der Waals surface area contributed by atoms with Gasteiger partial charge in [-0.25, -0.2) is 4.98 Å². The SMILES string of the molecule is CCOP(=O)(OCC)c1nc(Cc2ccc(OC)cc2)oc1NCc1ccco1. The molecule has 0 unspecified atom stereocenters. The van der Waals surface area contributed by atoms with Crippen molar-refractivity contribution >= 4 is 18.9 Å². The fraction of sp³-hybridized carbons (Fsp3) is 0.350. The highest BCUT2D eigenvalue weighted by Gasteiger charge is 2.35. The van der Waals surface area contributed by atoms with Gasteiger partial charge in [-0.05, 0) is 43.7 Å². The first-order valence-corrected chi connectivity index (χ1v) is 10.9. The van der Waals surface area contributed by atoms with Crippen LogP contribution in [-0.2, 0) is 26.6 Å². The first-order chi connectivity index (χ1) is 14.1. The Hall–Kier alpha value is -2.54. The molecule has 1 N–H and O–H groups in total. The summed E-state index contributed by atoms with van der Waals surface area (Å²) in [6.45, 7) is 4.28. The van der Waals surface area contributed by atoms with Crippen molar-refractivity contribution in [1.82, 2.24) is 4.98 Å². The highest BCUT2D eigenvalue weighted by atomic mass is 31.2. The molecule has 0 fully saturated rings. The van der Waals surface area contributed by atoms with Crippen molar-refractivity contribution in [2.45, 2.75) is 26.8 Å². The van der Waals surface area contributed by atoms with E-state index in [2.05, 4.69) is 10.3 Å². The molecular weight excluding hydrogens is 395 g/mol. The minimum Gasteiger partial charge on any atom is -0.497 e. The Bertz CT molecular complexity index is 927. The first kappa shape index (κ1) is 21.2. The van der Waals surface area contributed by atoms with Crippen molar-refractivity contribution in [3.05, 3.63) is 59.9 Å². The molecule has 156 valence electrons. The quantitative estimate of drug-likeness (QED) is 0.457. The lowest BCUT2D eigenvalue weighted by molar-refractivity contribution is 0.229. The van der Waals surface area contributed by atoms with Crippen molar-refractivity contribution in [2.75, 3.05) is 25.6 Å². The second-order valence-corrected chi connectivity index (χ2v) is 7.99. The highest BCUT2D eigenvalue weighted by Crippen LogP contribution is 2.48. The van der Waals surface area contributed by atoms with Crippen molar-refractivity contribution in [1.29, 1.82) is 0 Å². The van der Waals surface area contributed by atoms with E-state index < -0.39 is 7.60 Å². The molecule has 3 rings (SSSR count). The van der Waals surface area contributed by atoms with Crippen LogP contribution in [0.4, 0.5) is 5.88 Å². The summed E-state index contributed by atoms with van der Waals surface area (Å²) in [6.07, 6.45) is 2.00. The molecule has 0 saturated carbocycles. The van der Waals surface area contributed by atoms with E-state index in [9.17, 15) is 4.57 Å². The zero-order valence-corrected chi connectivity index (χ0v) is 17.6. The van der Waals surface area contributed by atoms with Crippen LogP contribution in [0.3, 0.4) is 0 Å². The van der Waals surface area contributed by atoms with Gasteiger partial charge in [-0.3, -0.25) is 4.57 Å². The van der Waals surface area contributed by atoms with Crippen LogP contribution in [0.1, 0.15) is 31.1 Å². The summed E-state index contributed by atoms with van der Waals surface area (Å²) in [7, 11) is -2.01. The van der Waals surface area contributed by atoms with Gasteiger partial charge in [0.15, 0.2) is 0 Å². The van der Waals surface area contributed by atoms with Gasteiger partial charge in [-0.1, -0.05) is 12.1 Å². The molecular formula is C20H25N2O6P. The average Bonchev–Trinajstić information content (AvgIpc) is 3.37. The molecule has 29 heavy (non-hydrogen) atoms. The van der Waals surface area contributed by atoms with E-state index in [0.29, 0.717) is 24.6 Å². The number of benzene rings is 1. The molecule has 2 heterocycles. The third-order valence-electron chi connectivity index (χ3n) is 4.03. The Morgan fingerprint density at radius 2 is 1.83 bits per heavy atom. The summed E-state index contributed by atoms with van der Waals surface area (Å²) in [5.41, 5.74) is 1.11. The zero-order valence-electron chi connectivity index (χ0n) is 16.7. The van der Waals surface area contributed by atoms with Gasteiger partial charge in [0.05, 0.1) is 33.1 Å². The number of aromatic nitrogens is 1. The van der Waals surface area contributed by atoms with E-state index in [4.69, 9.17) is 22.6 Å². The van der Waals surface area contributed by atoms with Crippen LogP contribution in [-0.4, -0.2) is 25.3 Å². The smallest absolute Gasteiger partial charge is 0.385 e. The molecule has 0 saturated heterocycles. The van der Waals surface area contributed by atoms with Gasteiger partial charge in [0.2, 0.25) is 17.2 Å². The minimum absolute atomic E-state index is 0.135. The number of hydrogen-bond donors (Lipinski definition) is 1. The largest absolute Gasteiger partial charge is 0.497 e. The number of methoxy groups -OCH3 is 1. The second kappa shape index (κ2) is 9.78. The average molecular weight is 420 g/mol. The Morgan fingerprint density at radius 3 is 2.41 bits per heavy atom. The van der Waals surface area contributed by atoms with Gasteiger partial charge in [-0.2, -0.15) is 0 Å². The van der Waals surface area contributed by atoms with Crippen LogP contribution in [0.2, 0.25) is 0 Å². The van der Waals surface area contributed by atoms with Crippen LogP contribution in [0, 0.1) is 0 Å². The third kappa shape index (κ3) is 5.29. The van der Waals surface area contributed by atoms with Gasteiger partial charge in [0.1, 0.15) is 11.5 Å². The standard InChI is InChI=1S/C20H25N2O6P/c1-4-26-29(23,27-5-2)20-19(21-14-17-7-6-12-25-17)28-18(22-20)13-15-8-10-16(24-3)11-9-15/h6-12,21H,4-5,13-14H2,1-3H3. The Kier molecular flexibility index (Phi) is 7.14. The predicted octanol–water partition coefficient (Wildman–Crippen LogP) is 4.37. The Labute approximate surface area is 169 Å². The van der Waals surface area contributed by atoms with Crippen LogP contribution in [0.15, 0.2) is 51.5 Å². The van der Waals surface area contributed by atoms with Gasteiger partial charge in [-0.15, -0.1) is 0 Å². The maximum Gasteiger partial charge on any atom is 0.385 e. The summed E-state index contributed by atoms with van der Waals surface area (Å²) in [4.78, 5) is 4.45. The van der Waals surface area contributed by atoms with E-state index >= 15 is 0 Å². The lowest BCUT2D eigenvalue weighted by Crippen LogP contribution is -2.16. The molecule has 0 aliphatic rings. The van der Waals surface area contributed by atoms with Gasteiger partial charge >= 0.3 is 7.60 Å². The van der Waals surface area contributed by atoms with Crippen LogP contribution >= 0.6 is 7.60 Å². The molecule has 0 atom stereocenters. The third-order valence-corrected chi connectivity index (χ3v) is 6.05. The molecule has 0 amide bonds. The van der Waals surface area contributed by atoms with Gasteiger partial charge in [0.25, 0.3) is 0 Å². The summed E-state index contributed by atoms with van der Waals surface area (Å²) in [6, 6.07) is 11.2. The van der Waals surface area contributed by atoms with Crippen molar-refractivity contribution in [3.8, 4) is 5.75 Å². The number of anilines is 1. The first-order valence-electron chi connectivity index (χ1n) is 9.36. The number of ether oxygens (including phenoxy) is 1. The maximum absolute atomic E-state index is 13.3. The molecule has 3 aromatic rings. The highest BCUT2D eigenvalue weighted by molar-refractivity contribution is 7.62. The molecule has 8 nitrogen and oxygen atoms in total. The van der Waals surface area contributed by atoms with Crippen molar-refractivity contribution in [2.24, 2.45) is 0 Å². The topological polar surface area (TPSA) is 96.0 Å². The van der Waals surface area contributed by atoms with E-state index in [1.54, 1.807) is 33.3 Å². The maximum atomic E-state index is 13.3. The zero-order chi connectivity index (χ0) is 20.7. The van der Waals surface area contributed by atoms with E-state index in [1.165, 1.54) is 0 Å². The molecule has 0 radical (unpaired) electrons. The molecule has 0 bridgehead atoms. The summed E-state index contributed by atoms with van der Waals surface area (Å²) < 4.78 is 40.6. The predicted molar refractivity (Wildman–Crippen MR) is 109 cm³/mol. The summed E-state index contributed by atoms with van der Waals surface area (Å²) in [5, 5.41) is 3.09. The van der Waals surface area contributed by atoms with Crippen LogP contribution < -0.4 is 15.5 Å². The van der Waals surface area contributed by atoms with E-state index in [1.807, 2.05) is 30.3 Å². The van der Waals surface area contributed by atoms with Gasteiger partial charge in [0, 0.05) is 6.42 Å². The normalized spacial score (nSPS) is 11.6. The second-order valence-electron chi connectivity index (χ2n) is 6.05. The summed E-state index contributed by atoms with van der Waals surface area (Å²) in [5.74, 6) is 2.11. The van der Waals surface area contributed by atoms with Crippen molar-refractivity contribution in [3.63, 3.8) is 0 Å². The lowest BCUT2D eigenvalue weighted by atomic mass is 10.1. The number of hydrogen-bond acceptors (Lipinski definition) is 8. The van der Waals surface area contributed by atoms with Gasteiger partial charge < -0.3 is 27.9 Å². The Balaban J connectivity index is 1.89. The minimum atomic E-state index is -3.63. The fourth-order valence-corrected chi connectivity index (χ4v) is 4.34. The molecule has 1 aromatic carbocycles. The molecule has 9 heteroatoms. The molecule has 2 aromatic heterocycles. The number of nitrogens with zero attached hydrogens (tertiary/aromatic N) is 1. The lowest BCUT2D eigenvalue weighted by Gasteiger charge is -2.15. The monoisotopic (exact) mass is 420 g/mol. The number of nitrogens with one attached hydrogen (secondary N) is 1. The molecule has 0 aliphatic heterocycles.